The third kappa shape index (κ3) is 2.77. The summed E-state index contributed by atoms with van der Waals surface area (Å²) < 4.78 is 23.0. The van der Waals surface area contributed by atoms with E-state index in [0.29, 0.717) is 5.56 Å². The lowest BCUT2D eigenvalue weighted by Gasteiger charge is -2.10. The molecule has 0 unspecified atom stereocenters. The molecule has 0 heterocycles. The fraction of sp³-hybridized carbons (Fsp3) is 0.400. The van der Waals surface area contributed by atoms with Crippen molar-refractivity contribution in [3.05, 3.63) is 28.8 Å². The standard InChI is InChI=1S/C10H15NO3S/c1-7-4-9(6-14-11)10(5-8(7)2)15(3,12)13/h4-5H,6,11H2,1-3H3. The van der Waals surface area contributed by atoms with Crippen LogP contribution < -0.4 is 5.90 Å². The molecule has 84 valence electrons. The highest BCUT2D eigenvalue weighted by atomic mass is 32.2. The second-order valence-electron chi connectivity index (χ2n) is 3.63. The van der Waals surface area contributed by atoms with Gasteiger partial charge in [-0.2, -0.15) is 0 Å². The van der Waals surface area contributed by atoms with E-state index >= 15 is 0 Å². The molecule has 15 heavy (non-hydrogen) atoms. The Morgan fingerprint density at radius 2 is 1.80 bits per heavy atom. The van der Waals surface area contributed by atoms with Crippen LogP contribution >= 0.6 is 0 Å². The lowest BCUT2D eigenvalue weighted by molar-refractivity contribution is 0.122. The maximum Gasteiger partial charge on any atom is 0.175 e. The molecule has 0 spiro atoms. The minimum Gasteiger partial charge on any atom is -0.300 e. The van der Waals surface area contributed by atoms with Crippen molar-refractivity contribution in [3.63, 3.8) is 0 Å². The Morgan fingerprint density at radius 1 is 1.27 bits per heavy atom. The minimum absolute atomic E-state index is 0.101. The zero-order valence-electron chi connectivity index (χ0n) is 9.07. The molecule has 0 bridgehead atoms. The van der Waals surface area contributed by atoms with Crippen molar-refractivity contribution in [1.82, 2.24) is 0 Å². The fourth-order valence-corrected chi connectivity index (χ4v) is 2.38. The van der Waals surface area contributed by atoms with Crippen LogP contribution in [0.5, 0.6) is 0 Å². The summed E-state index contributed by atoms with van der Waals surface area (Å²) >= 11 is 0. The molecule has 0 fully saturated rings. The van der Waals surface area contributed by atoms with Gasteiger partial charge >= 0.3 is 0 Å². The van der Waals surface area contributed by atoms with Gasteiger partial charge in [-0.05, 0) is 36.6 Å². The number of benzene rings is 1. The Hall–Kier alpha value is -0.910. The normalized spacial score (nSPS) is 11.7. The molecule has 4 nitrogen and oxygen atoms in total. The summed E-state index contributed by atoms with van der Waals surface area (Å²) in [6.07, 6.45) is 1.18. The molecule has 0 aromatic heterocycles. The molecule has 0 saturated carbocycles. The van der Waals surface area contributed by atoms with Crippen molar-refractivity contribution < 1.29 is 13.3 Å². The van der Waals surface area contributed by atoms with Gasteiger partial charge in [0.25, 0.3) is 0 Å². The van der Waals surface area contributed by atoms with Gasteiger partial charge in [-0.3, -0.25) is 4.84 Å². The summed E-state index contributed by atoms with van der Waals surface area (Å²) in [6, 6.07) is 3.44. The van der Waals surface area contributed by atoms with Gasteiger partial charge in [-0.1, -0.05) is 6.07 Å². The minimum atomic E-state index is -3.23. The van der Waals surface area contributed by atoms with Crippen LogP contribution in [0.2, 0.25) is 0 Å². The van der Waals surface area contributed by atoms with E-state index in [0.717, 1.165) is 11.1 Å². The lowest BCUT2D eigenvalue weighted by Crippen LogP contribution is -2.07. The Morgan fingerprint density at radius 3 is 2.27 bits per heavy atom. The molecule has 1 aromatic carbocycles. The first-order valence-corrected chi connectivity index (χ1v) is 6.37. The molecular formula is C10H15NO3S. The molecule has 0 atom stereocenters. The van der Waals surface area contributed by atoms with E-state index < -0.39 is 9.84 Å². The Balaban J connectivity index is 3.42. The average Bonchev–Trinajstić information content (AvgIpc) is 2.09. The highest BCUT2D eigenvalue weighted by Gasteiger charge is 2.14. The number of sulfone groups is 1. The second kappa shape index (κ2) is 4.30. The first-order valence-electron chi connectivity index (χ1n) is 4.48. The van der Waals surface area contributed by atoms with Gasteiger partial charge in [0, 0.05) is 6.26 Å². The SMILES string of the molecule is Cc1cc(CON)c(S(C)(=O)=O)cc1C. The predicted octanol–water partition coefficient (Wildman–Crippen LogP) is 1.10. The number of rotatable bonds is 3. The molecule has 0 aliphatic carbocycles. The Bertz CT molecular complexity index is 466. The van der Waals surface area contributed by atoms with Crippen LogP contribution in [0.15, 0.2) is 17.0 Å². The maximum atomic E-state index is 11.5. The van der Waals surface area contributed by atoms with Crippen LogP contribution in [-0.4, -0.2) is 14.7 Å². The Labute approximate surface area is 89.9 Å². The van der Waals surface area contributed by atoms with Gasteiger partial charge in [-0.15, -0.1) is 0 Å². The smallest absolute Gasteiger partial charge is 0.175 e. The molecule has 1 aromatic rings. The van der Waals surface area contributed by atoms with Crippen molar-refractivity contribution in [2.24, 2.45) is 5.90 Å². The van der Waals surface area contributed by atoms with Gasteiger partial charge in [0.15, 0.2) is 9.84 Å². The van der Waals surface area contributed by atoms with Crippen LogP contribution in [-0.2, 0) is 21.3 Å². The molecule has 1 rings (SSSR count). The predicted molar refractivity (Wildman–Crippen MR) is 58.0 cm³/mol. The summed E-state index contributed by atoms with van der Waals surface area (Å²) in [5.41, 5.74) is 2.56. The number of hydrogen-bond donors (Lipinski definition) is 1. The summed E-state index contributed by atoms with van der Waals surface area (Å²) in [7, 11) is -3.23. The third-order valence-corrected chi connectivity index (χ3v) is 3.49. The van der Waals surface area contributed by atoms with Gasteiger partial charge in [0.1, 0.15) is 0 Å². The van der Waals surface area contributed by atoms with E-state index in [1.54, 1.807) is 12.1 Å². The van der Waals surface area contributed by atoms with Gasteiger partial charge in [-0.25, -0.2) is 14.3 Å². The van der Waals surface area contributed by atoms with Crippen molar-refractivity contribution in [2.75, 3.05) is 6.26 Å². The maximum absolute atomic E-state index is 11.5. The molecule has 0 saturated heterocycles. The number of nitrogens with two attached hydrogens (primary N) is 1. The molecule has 0 aliphatic heterocycles. The largest absolute Gasteiger partial charge is 0.300 e. The van der Waals surface area contributed by atoms with Gasteiger partial charge in [0.05, 0.1) is 11.5 Å². The van der Waals surface area contributed by atoms with Crippen LogP contribution in [0.3, 0.4) is 0 Å². The summed E-state index contributed by atoms with van der Waals surface area (Å²) in [6.45, 7) is 3.89. The monoisotopic (exact) mass is 229 g/mol. The molecule has 5 heteroatoms. The fourth-order valence-electron chi connectivity index (χ4n) is 1.40. The third-order valence-electron chi connectivity index (χ3n) is 2.32. The van der Waals surface area contributed by atoms with E-state index in [4.69, 9.17) is 5.90 Å². The van der Waals surface area contributed by atoms with Crippen molar-refractivity contribution >= 4 is 9.84 Å². The van der Waals surface area contributed by atoms with E-state index in [-0.39, 0.29) is 11.5 Å². The zero-order valence-corrected chi connectivity index (χ0v) is 9.89. The second-order valence-corrected chi connectivity index (χ2v) is 5.61. The first kappa shape index (κ1) is 12.2. The Kier molecular flexibility index (Phi) is 3.49. The molecule has 0 aliphatic rings. The quantitative estimate of drug-likeness (QED) is 0.788. The topological polar surface area (TPSA) is 69.4 Å². The first-order chi connectivity index (χ1) is 6.86. The van der Waals surface area contributed by atoms with Crippen LogP contribution in [0, 0.1) is 13.8 Å². The average molecular weight is 229 g/mol. The van der Waals surface area contributed by atoms with E-state index in [2.05, 4.69) is 4.84 Å². The molecular weight excluding hydrogens is 214 g/mol. The molecule has 0 amide bonds. The van der Waals surface area contributed by atoms with Crippen LogP contribution in [0.1, 0.15) is 16.7 Å². The van der Waals surface area contributed by atoms with E-state index in [1.807, 2.05) is 13.8 Å². The van der Waals surface area contributed by atoms with Crippen molar-refractivity contribution in [3.8, 4) is 0 Å². The van der Waals surface area contributed by atoms with E-state index in [9.17, 15) is 8.42 Å². The van der Waals surface area contributed by atoms with E-state index in [1.165, 1.54) is 6.26 Å². The summed E-state index contributed by atoms with van der Waals surface area (Å²) in [5, 5.41) is 0. The van der Waals surface area contributed by atoms with Gasteiger partial charge < -0.3 is 0 Å². The van der Waals surface area contributed by atoms with Crippen molar-refractivity contribution in [2.45, 2.75) is 25.3 Å². The summed E-state index contributed by atoms with van der Waals surface area (Å²) in [4.78, 5) is 4.78. The van der Waals surface area contributed by atoms with Crippen molar-refractivity contribution in [1.29, 1.82) is 0 Å². The summed E-state index contributed by atoms with van der Waals surface area (Å²) in [5.74, 6) is 4.97. The van der Waals surface area contributed by atoms with Crippen LogP contribution in [0.25, 0.3) is 0 Å². The number of hydrogen-bond acceptors (Lipinski definition) is 4. The molecule has 2 N–H and O–H groups in total. The number of aryl methyl sites for hydroxylation is 2. The zero-order chi connectivity index (χ0) is 11.6. The van der Waals surface area contributed by atoms with Crippen LogP contribution in [0.4, 0.5) is 0 Å². The highest BCUT2D eigenvalue weighted by Crippen LogP contribution is 2.21. The van der Waals surface area contributed by atoms with Gasteiger partial charge in [0.2, 0.25) is 0 Å². The lowest BCUT2D eigenvalue weighted by atomic mass is 10.1. The molecule has 0 radical (unpaired) electrons. The highest BCUT2D eigenvalue weighted by molar-refractivity contribution is 7.90.